The van der Waals surface area contributed by atoms with Gasteiger partial charge in [0.25, 0.3) is 0 Å². The fraction of sp³-hybridized carbons (Fsp3) is 0.261. The maximum Gasteiger partial charge on any atom is 0.240 e. The molecule has 1 aliphatic heterocycles. The Kier molecular flexibility index (Phi) is 5.35. The highest BCUT2D eigenvalue weighted by molar-refractivity contribution is 6.30. The number of hydrazone groups is 1. The summed E-state index contributed by atoms with van der Waals surface area (Å²) in [4.78, 5) is 17.0. The predicted octanol–water partition coefficient (Wildman–Crippen LogP) is 4.91. The average Bonchev–Trinajstić information content (AvgIpc) is 3.19. The monoisotopic (exact) mass is 423 g/mol. The SMILES string of the molecule is COc1ccc(C2=NN(C(C)=O)[C@@H](c3cc4cccc(C)c4nc3Cl)C2)cc1OC. The van der Waals surface area contributed by atoms with E-state index < -0.39 is 0 Å². The van der Waals surface area contributed by atoms with Gasteiger partial charge >= 0.3 is 0 Å². The van der Waals surface area contributed by atoms with Gasteiger partial charge in [0.15, 0.2) is 11.5 Å². The first-order chi connectivity index (χ1) is 14.4. The van der Waals surface area contributed by atoms with Gasteiger partial charge in [-0.3, -0.25) is 4.79 Å². The number of methoxy groups -OCH3 is 2. The highest BCUT2D eigenvalue weighted by Gasteiger charge is 2.33. The number of aryl methyl sites for hydroxylation is 1. The summed E-state index contributed by atoms with van der Waals surface area (Å²) in [6.07, 6.45) is 0.522. The quantitative estimate of drug-likeness (QED) is 0.559. The van der Waals surface area contributed by atoms with Crippen molar-refractivity contribution in [1.82, 2.24) is 9.99 Å². The molecule has 3 aromatic rings. The van der Waals surface area contributed by atoms with E-state index in [-0.39, 0.29) is 11.9 Å². The molecule has 0 aliphatic carbocycles. The minimum absolute atomic E-state index is 0.157. The summed E-state index contributed by atoms with van der Waals surface area (Å²) in [5, 5.41) is 7.46. The molecule has 0 unspecified atom stereocenters. The molecule has 2 heterocycles. The number of pyridine rings is 1. The van der Waals surface area contributed by atoms with Crippen molar-refractivity contribution in [3.8, 4) is 11.5 Å². The van der Waals surface area contributed by atoms with Gasteiger partial charge in [-0.2, -0.15) is 5.10 Å². The van der Waals surface area contributed by atoms with E-state index in [1.165, 1.54) is 11.9 Å². The smallest absolute Gasteiger partial charge is 0.240 e. The maximum atomic E-state index is 12.4. The number of rotatable bonds is 4. The summed E-state index contributed by atoms with van der Waals surface area (Å²) >= 11 is 6.57. The standard InChI is InChI=1S/C23H22ClN3O3/c1-13-6-5-7-16-10-17(23(24)25-22(13)16)19-12-18(26-27(19)14(2)28)15-8-9-20(29-3)21(11-15)30-4/h5-11,19H,12H2,1-4H3/t19-/m1/s1. The molecule has 4 rings (SSSR count). The van der Waals surface area contributed by atoms with E-state index in [1.807, 2.05) is 49.4 Å². The van der Waals surface area contributed by atoms with Crippen molar-refractivity contribution in [2.45, 2.75) is 26.3 Å². The molecule has 0 N–H and O–H groups in total. The molecule has 1 amide bonds. The van der Waals surface area contributed by atoms with Gasteiger partial charge in [-0.1, -0.05) is 29.8 Å². The predicted molar refractivity (Wildman–Crippen MR) is 117 cm³/mol. The van der Waals surface area contributed by atoms with Crippen LogP contribution in [0.2, 0.25) is 5.15 Å². The van der Waals surface area contributed by atoms with Crippen LogP contribution in [0.25, 0.3) is 10.9 Å². The maximum absolute atomic E-state index is 12.4. The molecule has 1 atom stereocenters. The van der Waals surface area contributed by atoms with Gasteiger partial charge in [-0.05, 0) is 36.8 Å². The van der Waals surface area contributed by atoms with Crippen molar-refractivity contribution < 1.29 is 14.3 Å². The number of carbonyl (C=O) groups excluding carboxylic acids is 1. The lowest BCUT2D eigenvalue weighted by Gasteiger charge is -2.21. The number of amides is 1. The van der Waals surface area contributed by atoms with E-state index >= 15 is 0 Å². The molecular formula is C23H22ClN3O3. The van der Waals surface area contributed by atoms with Crippen LogP contribution in [0.15, 0.2) is 47.6 Å². The summed E-state index contributed by atoms with van der Waals surface area (Å²) in [5.74, 6) is 1.09. The molecule has 1 aromatic heterocycles. The van der Waals surface area contributed by atoms with Crippen LogP contribution in [-0.4, -0.2) is 35.8 Å². The third-order valence-electron chi connectivity index (χ3n) is 5.34. The molecule has 154 valence electrons. The van der Waals surface area contributed by atoms with E-state index in [4.69, 9.17) is 21.1 Å². The summed E-state index contributed by atoms with van der Waals surface area (Å²) in [6.45, 7) is 3.50. The first kappa shape index (κ1) is 20.2. The fourth-order valence-corrected chi connectivity index (χ4v) is 4.07. The van der Waals surface area contributed by atoms with Crippen LogP contribution in [0.5, 0.6) is 11.5 Å². The lowest BCUT2D eigenvalue weighted by Crippen LogP contribution is -2.24. The second-order valence-electron chi connectivity index (χ2n) is 7.22. The second kappa shape index (κ2) is 7.95. The molecule has 0 saturated carbocycles. The highest BCUT2D eigenvalue weighted by Crippen LogP contribution is 2.38. The van der Waals surface area contributed by atoms with E-state index in [0.717, 1.165) is 33.3 Å². The number of halogens is 1. The van der Waals surface area contributed by atoms with Crippen LogP contribution in [0.4, 0.5) is 0 Å². The van der Waals surface area contributed by atoms with Crippen LogP contribution in [-0.2, 0) is 4.79 Å². The zero-order valence-corrected chi connectivity index (χ0v) is 18.0. The fourth-order valence-electron chi connectivity index (χ4n) is 3.81. The van der Waals surface area contributed by atoms with Gasteiger partial charge in [0.05, 0.1) is 31.5 Å². The number of fused-ring (bicyclic) bond motifs is 1. The van der Waals surface area contributed by atoms with Crippen LogP contribution in [0.3, 0.4) is 0 Å². The Morgan fingerprint density at radius 3 is 2.60 bits per heavy atom. The number of nitrogens with zero attached hydrogens (tertiary/aromatic N) is 3. The Balaban J connectivity index is 1.75. The van der Waals surface area contributed by atoms with Gasteiger partial charge < -0.3 is 9.47 Å². The van der Waals surface area contributed by atoms with Crippen LogP contribution >= 0.6 is 11.6 Å². The molecule has 0 spiro atoms. The normalized spacial score (nSPS) is 16.0. The third kappa shape index (κ3) is 3.48. The number of benzene rings is 2. The molecule has 0 saturated heterocycles. The minimum Gasteiger partial charge on any atom is -0.493 e. The lowest BCUT2D eigenvalue weighted by atomic mass is 9.97. The summed E-state index contributed by atoms with van der Waals surface area (Å²) in [5.41, 5.74) is 4.33. The molecule has 30 heavy (non-hydrogen) atoms. The van der Waals surface area contributed by atoms with Gasteiger partial charge in [0, 0.05) is 29.9 Å². The molecule has 2 aromatic carbocycles. The largest absolute Gasteiger partial charge is 0.493 e. The number of ether oxygens (including phenoxy) is 2. The Morgan fingerprint density at radius 1 is 1.13 bits per heavy atom. The third-order valence-corrected chi connectivity index (χ3v) is 5.64. The molecule has 6 nitrogen and oxygen atoms in total. The van der Waals surface area contributed by atoms with Crippen molar-refractivity contribution in [2.75, 3.05) is 14.2 Å². The van der Waals surface area contributed by atoms with E-state index in [9.17, 15) is 4.79 Å². The topological polar surface area (TPSA) is 64.0 Å². The van der Waals surface area contributed by atoms with Crippen molar-refractivity contribution >= 4 is 34.1 Å². The van der Waals surface area contributed by atoms with Gasteiger partial charge in [-0.15, -0.1) is 0 Å². The molecule has 1 aliphatic rings. The number of hydrogen-bond acceptors (Lipinski definition) is 5. The van der Waals surface area contributed by atoms with E-state index in [0.29, 0.717) is 23.1 Å². The van der Waals surface area contributed by atoms with Gasteiger partial charge in [0.2, 0.25) is 5.91 Å². The van der Waals surface area contributed by atoms with Crippen LogP contribution in [0, 0.1) is 6.92 Å². The lowest BCUT2D eigenvalue weighted by molar-refractivity contribution is -0.130. The first-order valence-electron chi connectivity index (χ1n) is 9.58. The Morgan fingerprint density at radius 2 is 1.90 bits per heavy atom. The van der Waals surface area contributed by atoms with Crippen LogP contribution in [0.1, 0.15) is 36.1 Å². The minimum atomic E-state index is -0.324. The van der Waals surface area contributed by atoms with Gasteiger partial charge in [0.1, 0.15) is 5.15 Å². The molecule has 0 bridgehead atoms. The number of aromatic nitrogens is 1. The molecule has 7 heteroatoms. The molecule has 0 radical (unpaired) electrons. The Labute approximate surface area is 180 Å². The van der Waals surface area contributed by atoms with E-state index in [2.05, 4.69) is 10.1 Å². The Hall–Kier alpha value is -3.12. The average molecular weight is 424 g/mol. The van der Waals surface area contributed by atoms with Gasteiger partial charge in [-0.25, -0.2) is 9.99 Å². The molecular weight excluding hydrogens is 402 g/mol. The second-order valence-corrected chi connectivity index (χ2v) is 7.57. The summed E-state index contributed by atoms with van der Waals surface area (Å²) < 4.78 is 10.7. The highest BCUT2D eigenvalue weighted by atomic mass is 35.5. The zero-order chi connectivity index (χ0) is 21.4. The zero-order valence-electron chi connectivity index (χ0n) is 17.3. The number of hydrogen-bond donors (Lipinski definition) is 0. The van der Waals surface area contributed by atoms with Crippen molar-refractivity contribution in [3.05, 3.63) is 64.3 Å². The molecule has 0 fully saturated rings. The first-order valence-corrected chi connectivity index (χ1v) is 9.96. The number of carbonyl (C=O) groups is 1. The van der Waals surface area contributed by atoms with Crippen molar-refractivity contribution in [2.24, 2.45) is 5.10 Å². The van der Waals surface area contributed by atoms with Crippen molar-refractivity contribution in [3.63, 3.8) is 0 Å². The number of para-hydroxylation sites is 1. The summed E-state index contributed by atoms with van der Waals surface area (Å²) in [7, 11) is 3.18. The van der Waals surface area contributed by atoms with Crippen molar-refractivity contribution in [1.29, 1.82) is 0 Å². The van der Waals surface area contributed by atoms with Crippen LogP contribution < -0.4 is 9.47 Å². The van der Waals surface area contributed by atoms with E-state index in [1.54, 1.807) is 14.2 Å². The summed E-state index contributed by atoms with van der Waals surface area (Å²) in [6, 6.07) is 13.3. The Bertz CT molecular complexity index is 1180.